The molecule has 2 aliphatic rings. The highest BCUT2D eigenvalue weighted by molar-refractivity contribution is 5.61. The van der Waals surface area contributed by atoms with Gasteiger partial charge in [-0.3, -0.25) is 0 Å². The topological polar surface area (TPSA) is 12.0 Å². The maximum absolute atomic E-state index is 13.5. The third kappa shape index (κ3) is 2.41. The highest BCUT2D eigenvalue weighted by atomic mass is 19.4. The van der Waals surface area contributed by atoms with E-state index in [1.807, 2.05) is 19.1 Å². The Balaban J connectivity index is 1.83. The molecule has 1 aliphatic heterocycles. The van der Waals surface area contributed by atoms with Crippen LogP contribution in [0.1, 0.15) is 40.6 Å². The van der Waals surface area contributed by atoms with E-state index in [4.69, 9.17) is 0 Å². The van der Waals surface area contributed by atoms with Crippen molar-refractivity contribution in [3.05, 3.63) is 76.9 Å². The van der Waals surface area contributed by atoms with E-state index in [1.54, 1.807) is 12.1 Å². The Morgan fingerprint density at radius 2 is 1.83 bits per heavy atom. The number of hydrogen-bond acceptors (Lipinski definition) is 1. The molecule has 0 saturated heterocycles. The van der Waals surface area contributed by atoms with Crippen molar-refractivity contribution in [1.29, 1.82) is 0 Å². The summed E-state index contributed by atoms with van der Waals surface area (Å²) >= 11 is 0. The van der Waals surface area contributed by atoms with Crippen LogP contribution >= 0.6 is 0 Å². The lowest BCUT2D eigenvalue weighted by Gasteiger charge is -2.38. The molecule has 1 N–H and O–H groups in total. The van der Waals surface area contributed by atoms with Crippen molar-refractivity contribution in [2.75, 3.05) is 5.32 Å². The van der Waals surface area contributed by atoms with Crippen LogP contribution in [0.15, 0.2) is 54.6 Å². The summed E-state index contributed by atoms with van der Waals surface area (Å²) < 4.78 is 40.4. The molecule has 2 aromatic rings. The molecule has 0 radical (unpaired) electrons. The smallest absolute Gasteiger partial charge is 0.378 e. The highest BCUT2D eigenvalue weighted by Gasteiger charge is 2.42. The van der Waals surface area contributed by atoms with Crippen LogP contribution < -0.4 is 5.32 Å². The number of alkyl halides is 3. The maximum atomic E-state index is 13.5. The van der Waals surface area contributed by atoms with Gasteiger partial charge in [-0.1, -0.05) is 48.0 Å². The molecular formula is C20H18F3N. The number of hydrogen-bond donors (Lipinski definition) is 1. The average Bonchev–Trinajstić information content (AvgIpc) is 3.03. The first-order chi connectivity index (χ1) is 11.4. The van der Waals surface area contributed by atoms with Crippen LogP contribution in [0.2, 0.25) is 0 Å². The Morgan fingerprint density at radius 3 is 2.62 bits per heavy atom. The number of anilines is 1. The molecule has 1 nitrogen and oxygen atoms in total. The fourth-order valence-corrected chi connectivity index (χ4v) is 4.05. The molecule has 2 aromatic carbocycles. The van der Waals surface area contributed by atoms with Crippen molar-refractivity contribution in [2.24, 2.45) is 5.92 Å². The summed E-state index contributed by atoms with van der Waals surface area (Å²) in [5, 5.41) is 3.38. The van der Waals surface area contributed by atoms with E-state index in [1.165, 1.54) is 23.3 Å². The van der Waals surface area contributed by atoms with Crippen LogP contribution in [0.5, 0.6) is 0 Å². The Hall–Kier alpha value is -2.23. The molecule has 1 heterocycles. The van der Waals surface area contributed by atoms with Gasteiger partial charge in [0.15, 0.2) is 0 Å². The van der Waals surface area contributed by atoms with E-state index >= 15 is 0 Å². The molecule has 124 valence electrons. The number of nitrogens with one attached hydrogen (secondary N) is 1. The summed E-state index contributed by atoms with van der Waals surface area (Å²) in [5.41, 5.74) is 3.10. The number of fused-ring (bicyclic) bond motifs is 3. The van der Waals surface area contributed by atoms with Gasteiger partial charge in [0, 0.05) is 11.6 Å². The molecule has 0 unspecified atom stereocenters. The highest BCUT2D eigenvalue weighted by Crippen LogP contribution is 2.51. The van der Waals surface area contributed by atoms with Crippen molar-refractivity contribution in [2.45, 2.75) is 31.5 Å². The van der Waals surface area contributed by atoms with Gasteiger partial charge in [0.05, 0.1) is 11.6 Å². The average molecular weight is 329 g/mol. The van der Waals surface area contributed by atoms with E-state index < -0.39 is 11.7 Å². The van der Waals surface area contributed by atoms with E-state index in [-0.39, 0.29) is 17.9 Å². The van der Waals surface area contributed by atoms with Crippen LogP contribution in [0.4, 0.5) is 18.9 Å². The van der Waals surface area contributed by atoms with Gasteiger partial charge in [0.25, 0.3) is 0 Å². The number of rotatable bonds is 1. The molecule has 4 rings (SSSR count). The number of benzene rings is 2. The van der Waals surface area contributed by atoms with Crippen molar-refractivity contribution in [1.82, 2.24) is 0 Å². The Bertz CT molecular complexity index is 807. The fraction of sp³-hybridized carbons (Fsp3) is 0.300. The standard InChI is InChI=1S/C20H18F3N/c1-12-9-10-18-16(11-12)13-6-4-7-14(13)19(24-18)15-5-2-3-8-17(15)20(21,22)23/h2-6,8-11,13-14,19,24H,7H2,1H3/t13-,14+,19-/m1/s1. The first kappa shape index (κ1) is 15.3. The predicted molar refractivity (Wildman–Crippen MR) is 89.0 cm³/mol. The molecule has 0 spiro atoms. The monoisotopic (exact) mass is 329 g/mol. The number of halogens is 3. The molecule has 24 heavy (non-hydrogen) atoms. The largest absolute Gasteiger partial charge is 0.416 e. The van der Waals surface area contributed by atoms with Gasteiger partial charge < -0.3 is 5.32 Å². The van der Waals surface area contributed by atoms with Crippen LogP contribution in [0.3, 0.4) is 0 Å². The van der Waals surface area contributed by atoms with E-state index in [2.05, 4.69) is 23.5 Å². The lowest BCUT2D eigenvalue weighted by molar-refractivity contribution is -0.138. The summed E-state index contributed by atoms with van der Waals surface area (Å²) in [7, 11) is 0. The zero-order chi connectivity index (χ0) is 16.9. The second-order valence-electron chi connectivity index (χ2n) is 6.65. The maximum Gasteiger partial charge on any atom is 0.416 e. The van der Waals surface area contributed by atoms with E-state index in [0.717, 1.165) is 12.1 Å². The SMILES string of the molecule is Cc1ccc2c(c1)[C@@H]1C=CC[C@@H]1[C@H](c1ccccc1C(F)(F)F)N2. The number of aryl methyl sites for hydroxylation is 1. The minimum Gasteiger partial charge on any atom is -0.378 e. The zero-order valence-electron chi connectivity index (χ0n) is 13.3. The minimum absolute atomic E-state index is 0.114. The quantitative estimate of drug-likeness (QED) is 0.648. The van der Waals surface area contributed by atoms with Crippen LogP contribution in [0.25, 0.3) is 0 Å². The minimum atomic E-state index is -4.34. The summed E-state index contributed by atoms with van der Waals surface area (Å²) in [6, 6.07) is 11.7. The van der Waals surface area contributed by atoms with Crippen molar-refractivity contribution in [3.63, 3.8) is 0 Å². The Labute approximate surface area is 139 Å². The molecule has 0 amide bonds. The fourth-order valence-electron chi connectivity index (χ4n) is 4.05. The summed E-state index contributed by atoms with van der Waals surface area (Å²) in [5.74, 6) is 0.287. The Kier molecular flexibility index (Phi) is 3.44. The zero-order valence-corrected chi connectivity index (χ0v) is 13.3. The summed E-state index contributed by atoms with van der Waals surface area (Å²) in [6.45, 7) is 2.04. The van der Waals surface area contributed by atoms with Gasteiger partial charge in [-0.25, -0.2) is 0 Å². The van der Waals surface area contributed by atoms with Gasteiger partial charge in [-0.15, -0.1) is 0 Å². The molecule has 3 atom stereocenters. The van der Waals surface area contributed by atoms with Crippen LogP contribution in [0, 0.1) is 12.8 Å². The first-order valence-electron chi connectivity index (χ1n) is 8.15. The van der Waals surface area contributed by atoms with Crippen molar-refractivity contribution in [3.8, 4) is 0 Å². The van der Waals surface area contributed by atoms with Crippen molar-refractivity contribution < 1.29 is 13.2 Å². The molecular weight excluding hydrogens is 311 g/mol. The molecule has 4 heteroatoms. The van der Waals surface area contributed by atoms with Crippen LogP contribution in [-0.4, -0.2) is 0 Å². The van der Waals surface area contributed by atoms with Gasteiger partial charge in [-0.2, -0.15) is 13.2 Å². The predicted octanol–water partition coefficient (Wildman–Crippen LogP) is 5.84. The normalized spacial score (nSPS) is 25.1. The van der Waals surface area contributed by atoms with Crippen LogP contribution in [-0.2, 0) is 6.18 Å². The van der Waals surface area contributed by atoms with Gasteiger partial charge in [-0.05, 0) is 42.5 Å². The van der Waals surface area contributed by atoms with Gasteiger partial charge in [0.1, 0.15) is 0 Å². The molecule has 0 fully saturated rings. The molecule has 0 aromatic heterocycles. The first-order valence-corrected chi connectivity index (χ1v) is 8.15. The second kappa shape index (κ2) is 5.40. The second-order valence-corrected chi connectivity index (χ2v) is 6.65. The van der Waals surface area contributed by atoms with Crippen molar-refractivity contribution >= 4 is 5.69 Å². The summed E-state index contributed by atoms with van der Waals surface area (Å²) in [6.07, 6.45) is 0.694. The van der Waals surface area contributed by atoms with Gasteiger partial charge in [0.2, 0.25) is 0 Å². The Morgan fingerprint density at radius 1 is 1.04 bits per heavy atom. The lowest BCUT2D eigenvalue weighted by atomic mass is 9.76. The molecule has 0 bridgehead atoms. The number of allylic oxidation sites excluding steroid dienone is 2. The third-order valence-electron chi connectivity index (χ3n) is 5.12. The molecule has 0 saturated carbocycles. The molecule has 1 aliphatic carbocycles. The summed E-state index contributed by atoms with van der Waals surface area (Å²) in [4.78, 5) is 0. The lowest BCUT2D eigenvalue weighted by Crippen LogP contribution is -2.30. The van der Waals surface area contributed by atoms with E-state index in [9.17, 15) is 13.2 Å². The third-order valence-corrected chi connectivity index (χ3v) is 5.12. The van der Waals surface area contributed by atoms with Gasteiger partial charge >= 0.3 is 6.18 Å². The van der Waals surface area contributed by atoms with E-state index in [0.29, 0.717) is 5.56 Å².